The number of benzene rings is 1. The van der Waals surface area contributed by atoms with Gasteiger partial charge in [0.15, 0.2) is 5.76 Å². The van der Waals surface area contributed by atoms with Gasteiger partial charge in [0.1, 0.15) is 18.3 Å². The molecule has 4 nitrogen and oxygen atoms in total. The van der Waals surface area contributed by atoms with Crippen LogP contribution < -0.4 is 5.43 Å². The summed E-state index contributed by atoms with van der Waals surface area (Å²) in [7, 11) is 0. The molecule has 1 aromatic rings. The highest BCUT2D eigenvalue weighted by molar-refractivity contribution is 6.31. The first kappa shape index (κ1) is 17.6. The van der Waals surface area contributed by atoms with Crippen molar-refractivity contribution in [1.29, 1.82) is 0 Å². The Kier molecular flexibility index (Phi) is 6.74. The Morgan fingerprint density at radius 3 is 2.39 bits per heavy atom. The molecule has 0 bridgehead atoms. The third kappa shape index (κ3) is 5.44. The van der Waals surface area contributed by atoms with Crippen LogP contribution in [0.4, 0.5) is 4.39 Å². The summed E-state index contributed by atoms with van der Waals surface area (Å²) in [5.41, 5.74) is 5.14. The zero-order chi connectivity index (χ0) is 16.7. The van der Waals surface area contributed by atoms with Crippen molar-refractivity contribution in [2.75, 3.05) is 13.3 Å². The average Bonchev–Trinajstić information content (AvgIpc) is 2.55. The van der Waals surface area contributed by atoms with Gasteiger partial charge in [0.05, 0.1) is 19.4 Å². The van der Waals surface area contributed by atoms with Gasteiger partial charge in [-0.05, 0) is 25.0 Å². The van der Waals surface area contributed by atoms with E-state index in [-0.39, 0.29) is 6.61 Å². The molecule has 1 aliphatic rings. The molecule has 0 spiro atoms. The Balaban J connectivity index is 1.83. The summed E-state index contributed by atoms with van der Waals surface area (Å²) >= 11 is 6.22. The van der Waals surface area contributed by atoms with Gasteiger partial charge in [-0.1, -0.05) is 35.9 Å². The third-order valence-corrected chi connectivity index (χ3v) is 3.58. The second-order valence-electron chi connectivity index (χ2n) is 5.46. The number of halogens is 2. The first-order valence-electron chi connectivity index (χ1n) is 7.57. The molecule has 126 valence electrons. The van der Waals surface area contributed by atoms with E-state index in [2.05, 4.69) is 19.3 Å². The predicted octanol–water partition coefficient (Wildman–Crippen LogP) is 3.84. The summed E-state index contributed by atoms with van der Waals surface area (Å²) in [6.45, 7) is 4.63. The van der Waals surface area contributed by atoms with Crippen LogP contribution in [-0.4, -0.2) is 24.3 Å². The van der Waals surface area contributed by atoms with E-state index in [1.165, 1.54) is 0 Å². The minimum Gasteiger partial charge on any atom is -0.486 e. The number of hydrogen-bond donors (Lipinski definition) is 1. The number of rotatable bonds is 8. The normalized spacial score (nSPS) is 14.4. The zero-order valence-electron chi connectivity index (χ0n) is 13.4. The summed E-state index contributed by atoms with van der Waals surface area (Å²) in [4.78, 5) is 0. The minimum atomic E-state index is -0.461. The molecule has 0 fully saturated rings. The molecule has 6 heteroatoms. The van der Waals surface area contributed by atoms with Crippen LogP contribution in [0.1, 0.15) is 25.0 Å². The molecule has 0 aliphatic carbocycles. The van der Waals surface area contributed by atoms with Gasteiger partial charge in [-0.15, -0.1) is 0 Å². The summed E-state index contributed by atoms with van der Waals surface area (Å²) in [6, 6.07) is 8.12. The highest BCUT2D eigenvalue weighted by atomic mass is 35.5. The molecule has 0 saturated carbocycles. The Bertz CT molecular complexity index is 558. The molecule has 1 heterocycles. The number of hydrazine groups is 1. The van der Waals surface area contributed by atoms with E-state index in [1.807, 2.05) is 35.5 Å². The van der Waals surface area contributed by atoms with Crippen molar-refractivity contribution in [3.63, 3.8) is 0 Å². The van der Waals surface area contributed by atoms with Gasteiger partial charge in [0.2, 0.25) is 0 Å². The Labute approximate surface area is 141 Å². The second kappa shape index (κ2) is 8.79. The average molecular weight is 341 g/mol. The minimum absolute atomic E-state index is 0.129. The van der Waals surface area contributed by atoms with Crippen LogP contribution in [-0.2, 0) is 22.7 Å². The van der Waals surface area contributed by atoms with Crippen molar-refractivity contribution < 1.29 is 13.9 Å². The largest absolute Gasteiger partial charge is 0.486 e. The number of allylic oxidation sites excluding steroid dienone is 1. The topological polar surface area (TPSA) is 33.7 Å². The van der Waals surface area contributed by atoms with Crippen LogP contribution in [0.2, 0.25) is 0 Å². The van der Waals surface area contributed by atoms with E-state index in [0.29, 0.717) is 30.0 Å². The maximum Gasteiger partial charge on any atom is 0.157 e. The summed E-state index contributed by atoms with van der Waals surface area (Å²) in [5.74, 6) is 0.610. The molecule has 1 aliphatic heterocycles. The summed E-state index contributed by atoms with van der Waals surface area (Å²) in [6.07, 6.45) is 3.56. The fourth-order valence-electron chi connectivity index (χ4n) is 1.97. The highest BCUT2D eigenvalue weighted by Gasteiger charge is 2.14. The predicted molar refractivity (Wildman–Crippen MR) is 89.0 cm³/mol. The van der Waals surface area contributed by atoms with Crippen molar-refractivity contribution in [3.05, 3.63) is 58.6 Å². The maximum absolute atomic E-state index is 12.0. The summed E-state index contributed by atoms with van der Waals surface area (Å²) < 4.78 is 22.9. The van der Waals surface area contributed by atoms with E-state index in [1.54, 1.807) is 6.20 Å². The molecule has 0 saturated heterocycles. The Hall–Kier alpha value is -1.72. The quantitative estimate of drug-likeness (QED) is 0.729. The highest BCUT2D eigenvalue weighted by Crippen LogP contribution is 2.22. The Morgan fingerprint density at radius 1 is 1.17 bits per heavy atom. The van der Waals surface area contributed by atoms with Gasteiger partial charge in [-0.2, -0.15) is 0 Å². The lowest BCUT2D eigenvalue weighted by atomic mass is 10.1. The summed E-state index contributed by atoms with van der Waals surface area (Å²) in [5, 5.41) is 2.47. The molecule has 0 aromatic heterocycles. The molecular weight excluding hydrogens is 319 g/mol. The van der Waals surface area contributed by atoms with Crippen molar-refractivity contribution >= 4 is 11.6 Å². The van der Waals surface area contributed by atoms with E-state index in [0.717, 1.165) is 11.1 Å². The lowest BCUT2D eigenvalue weighted by Gasteiger charge is -2.29. The molecule has 1 aromatic carbocycles. The van der Waals surface area contributed by atoms with Gasteiger partial charge >= 0.3 is 0 Å². The molecule has 0 unspecified atom stereocenters. The molecule has 0 amide bonds. The van der Waals surface area contributed by atoms with Crippen LogP contribution in [0.5, 0.6) is 0 Å². The molecule has 0 atom stereocenters. The number of alkyl halides is 1. The SMILES string of the molecule is CC(C)N1C=C(Cl)C(OCc2ccc(COCCF)cc2)=CN1. The van der Waals surface area contributed by atoms with Crippen LogP contribution >= 0.6 is 11.6 Å². The van der Waals surface area contributed by atoms with Crippen LogP contribution in [0.3, 0.4) is 0 Å². The standard InChI is InChI=1S/C17H22ClFN2O2/c1-13(2)21-10-16(18)17(9-20-21)23-12-15-5-3-14(4-6-15)11-22-8-7-19/h3-6,9-10,13,20H,7-8,11-12H2,1-2H3. The van der Waals surface area contributed by atoms with Crippen LogP contribution in [0, 0.1) is 0 Å². The second-order valence-corrected chi connectivity index (χ2v) is 5.87. The number of ether oxygens (including phenoxy) is 2. The first-order chi connectivity index (χ1) is 11.1. The molecule has 0 radical (unpaired) electrons. The molecule has 1 N–H and O–H groups in total. The van der Waals surface area contributed by atoms with Crippen molar-refractivity contribution in [2.45, 2.75) is 33.1 Å². The number of nitrogens with one attached hydrogen (secondary N) is 1. The van der Waals surface area contributed by atoms with Crippen molar-refractivity contribution in [1.82, 2.24) is 10.4 Å². The van der Waals surface area contributed by atoms with E-state index in [4.69, 9.17) is 21.1 Å². The van der Waals surface area contributed by atoms with Gasteiger partial charge in [0.25, 0.3) is 0 Å². The van der Waals surface area contributed by atoms with Gasteiger partial charge in [-0.3, -0.25) is 5.01 Å². The van der Waals surface area contributed by atoms with Gasteiger partial charge in [-0.25, -0.2) is 4.39 Å². The van der Waals surface area contributed by atoms with Gasteiger partial charge < -0.3 is 14.9 Å². The maximum atomic E-state index is 12.0. The lowest BCUT2D eigenvalue weighted by Crippen LogP contribution is -2.37. The fourth-order valence-corrected chi connectivity index (χ4v) is 2.19. The van der Waals surface area contributed by atoms with E-state index >= 15 is 0 Å². The molecule has 2 rings (SSSR count). The molecular formula is C17H22ClFN2O2. The smallest absolute Gasteiger partial charge is 0.157 e. The van der Waals surface area contributed by atoms with Crippen molar-refractivity contribution in [2.24, 2.45) is 0 Å². The fraction of sp³-hybridized carbons (Fsp3) is 0.412. The lowest BCUT2D eigenvalue weighted by molar-refractivity contribution is 0.106. The monoisotopic (exact) mass is 340 g/mol. The van der Waals surface area contributed by atoms with Crippen LogP contribution in [0.15, 0.2) is 47.5 Å². The first-order valence-corrected chi connectivity index (χ1v) is 7.94. The van der Waals surface area contributed by atoms with Crippen LogP contribution in [0.25, 0.3) is 0 Å². The van der Waals surface area contributed by atoms with E-state index < -0.39 is 6.67 Å². The number of nitrogens with zero attached hydrogens (tertiary/aromatic N) is 1. The Morgan fingerprint density at radius 2 is 1.83 bits per heavy atom. The van der Waals surface area contributed by atoms with Crippen molar-refractivity contribution in [3.8, 4) is 0 Å². The number of hydrogen-bond acceptors (Lipinski definition) is 4. The van der Waals surface area contributed by atoms with Gasteiger partial charge in [0, 0.05) is 12.2 Å². The zero-order valence-corrected chi connectivity index (χ0v) is 14.1. The van der Waals surface area contributed by atoms with E-state index in [9.17, 15) is 4.39 Å². The third-order valence-electron chi connectivity index (χ3n) is 3.30. The molecule has 23 heavy (non-hydrogen) atoms.